The Morgan fingerprint density at radius 1 is 1.15 bits per heavy atom. The summed E-state index contributed by atoms with van der Waals surface area (Å²) in [6.45, 7) is 4.50. The van der Waals surface area contributed by atoms with Crippen molar-refractivity contribution in [2.24, 2.45) is 0 Å². The van der Waals surface area contributed by atoms with E-state index in [9.17, 15) is 14.4 Å². The maximum Gasteiger partial charge on any atom is 0.242 e. The lowest BCUT2D eigenvalue weighted by Crippen LogP contribution is -2.44. The van der Waals surface area contributed by atoms with E-state index in [4.69, 9.17) is 9.97 Å². The molecule has 0 aliphatic carbocycles. The van der Waals surface area contributed by atoms with E-state index in [0.29, 0.717) is 31.2 Å². The summed E-state index contributed by atoms with van der Waals surface area (Å²) in [5.41, 5.74) is 2.93. The molecule has 1 aromatic heterocycles. The Kier molecular flexibility index (Phi) is 7.01. The largest absolute Gasteiger partial charge is 0.347 e. The van der Waals surface area contributed by atoms with Gasteiger partial charge in [-0.25, -0.2) is 9.97 Å². The summed E-state index contributed by atoms with van der Waals surface area (Å²) in [5.74, 6) is 0.966. The second-order valence-electron chi connectivity index (χ2n) is 8.79. The number of carbonyl (C=O) groups is 3. The van der Waals surface area contributed by atoms with Crippen molar-refractivity contribution in [3.05, 3.63) is 53.0 Å². The fourth-order valence-electron chi connectivity index (χ4n) is 4.66. The highest BCUT2D eigenvalue weighted by atomic mass is 16.2. The molecule has 1 saturated heterocycles. The van der Waals surface area contributed by atoms with Gasteiger partial charge in [0.25, 0.3) is 0 Å². The first-order valence-corrected chi connectivity index (χ1v) is 11.7. The van der Waals surface area contributed by atoms with E-state index in [2.05, 4.69) is 17.4 Å². The first-order valence-electron chi connectivity index (χ1n) is 11.7. The van der Waals surface area contributed by atoms with Crippen LogP contribution >= 0.6 is 0 Å². The standard InChI is InChI=1S/C25H31N5O3/c1-17-20-15-22(32)30(14-8-11-19-9-4-3-5-10-19)25(20)28-24(27-17)21-12-6-7-13-29(21)23(33)16-26-18(2)31/h3-5,9-10,21H,6-8,11-16H2,1-2H3,(H,26,31). The summed E-state index contributed by atoms with van der Waals surface area (Å²) >= 11 is 0. The molecule has 0 radical (unpaired) electrons. The molecule has 0 bridgehead atoms. The molecule has 8 heteroatoms. The molecule has 174 valence electrons. The van der Waals surface area contributed by atoms with Crippen LogP contribution in [-0.2, 0) is 27.2 Å². The van der Waals surface area contributed by atoms with Crippen molar-refractivity contribution in [3.63, 3.8) is 0 Å². The average molecular weight is 450 g/mol. The van der Waals surface area contributed by atoms with Crippen molar-refractivity contribution in [1.82, 2.24) is 20.2 Å². The highest BCUT2D eigenvalue weighted by Gasteiger charge is 2.35. The third kappa shape index (κ3) is 5.21. The molecule has 4 rings (SSSR count). The quantitative estimate of drug-likeness (QED) is 0.701. The molecular formula is C25H31N5O3. The third-order valence-corrected chi connectivity index (χ3v) is 6.39. The maximum absolute atomic E-state index is 12.8. The highest BCUT2D eigenvalue weighted by Crippen LogP contribution is 2.34. The Labute approximate surface area is 194 Å². The van der Waals surface area contributed by atoms with E-state index in [0.717, 1.165) is 43.4 Å². The molecule has 1 N–H and O–H groups in total. The summed E-state index contributed by atoms with van der Waals surface area (Å²) in [4.78, 5) is 49.9. The normalized spacial score (nSPS) is 17.8. The summed E-state index contributed by atoms with van der Waals surface area (Å²) in [5, 5.41) is 2.59. The van der Waals surface area contributed by atoms with Crippen LogP contribution < -0.4 is 10.2 Å². The lowest BCUT2D eigenvalue weighted by molar-refractivity contribution is -0.136. The molecule has 0 saturated carbocycles. The van der Waals surface area contributed by atoms with Gasteiger partial charge in [0.2, 0.25) is 17.7 Å². The molecule has 2 aromatic rings. The zero-order valence-electron chi connectivity index (χ0n) is 19.3. The van der Waals surface area contributed by atoms with E-state index >= 15 is 0 Å². The second-order valence-corrected chi connectivity index (χ2v) is 8.79. The van der Waals surface area contributed by atoms with Crippen LogP contribution in [0.2, 0.25) is 0 Å². The van der Waals surface area contributed by atoms with Gasteiger partial charge >= 0.3 is 0 Å². The van der Waals surface area contributed by atoms with Crippen LogP contribution in [0.3, 0.4) is 0 Å². The summed E-state index contributed by atoms with van der Waals surface area (Å²) in [7, 11) is 0. The van der Waals surface area contributed by atoms with Gasteiger partial charge in [-0.3, -0.25) is 19.3 Å². The Morgan fingerprint density at radius 3 is 2.70 bits per heavy atom. The molecule has 1 fully saturated rings. The van der Waals surface area contributed by atoms with Crippen LogP contribution in [0.1, 0.15) is 61.3 Å². The topological polar surface area (TPSA) is 95.5 Å². The monoisotopic (exact) mass is 449 g/mol. The summed E-state index contributed by atoms with van der Waals surface area (Å²) in [6, 6.07) is 10.0. The number of fused-ring (bicyclic) bond motifs is 1. The van der Waals surface area contributed by atoms with E-state index in [1.807, 2.05) is 25.1 Å². The summed E-state index contributed by atoms with van der Waals surface area (Å²) < 4.78 is 0. The number of aryl methyl sites for hydroxylation is 2. The van der Waals surface area contributed by atoms with E-state index in [-0.39, 0.29) is 30.3 Å². The predicted octanol–water partition coefficient (Wildman–Crippen LogP) is 2.50. The van der Waals surface area contributed by atoms with Crippen molar-refractivity contribution in [2.75, 3.05) is 24.5 Å². The number of hydrogen-bond donors (Lipinski definition) is 1. The van der Waals surface area contributed by atoms with Gasteiger partial charge < -0.3 is 10.2 Å². The number of aromatic nitrogens is 2. The van der Waals surface area contributed by atoms with Crippen molar-refractivity contribution >= 4 is 23.5 Å². The zero-order valence-corrected chi connectivity index (χ0v) is 19.3. The van der Waals surface area contributed by atoms with Crippen LogP contribution in [0.4, 0.5) is 5.82 Å². The van der Waals surface area contributed by atoms with Crippen LogP contribution in [0.15, 0.2) is 30.3 Å². The lowest BCUT2D eigenvalue weighted by Gasteiger charge is -2.35. The maximum atomic E-state index is 12.8. The molecule has 8 nitrogen and oxygen atoms in total. The van der Waals surface area contributed by atoms with Gasteiger partial charge in [0.15, 0.2) is 5.82 Å². The van der Waals surface area contributed by atoms with Gasteiger partial charge in [0.05, 0.1) is 19.0 Å². The van der Waals surface area contributed by atoms with Gasteiger partial charge in [-0.1, -0.05) is 30.3 Å². The second kappa shape index (κ2) is 10.1. The first kappa shape index (κ1) is 22.9. The number of anilines is 1. The van der Waals surface area contributed by atoms with Crippen LogP contribution in [0.25, 0.3) is 0 Å². The Balaban J connectivity index is 1.53. The van der Waals surface area contributed by atoms with E-state index in [1.54, 1.807) is 9.80 Å². The van der Waals surface area contributed by atoms with E-state index in [1.165, 1.54) is 12.5 Å². The number of amides is 3. The molecule has 33 heavy (non-hydrogen) atoms. The van der Waals surface area contributed by atoms with Crippen molar-refractivity contribution < 1.29 is 14.4 Å². The molecule has 2 aliphatic rings. The molecule has 3 heterocycles. The van der Waals surface area contributed by atoms with Crippen molar-refractivity contribution in [1.29, 1.82) is 0 Å². The van der Waals surface area contributed by atoms with Crippen LogP contribution in [0, 0.1) is 6.92 Å². The van der Waals surface area contributed by atoms with Crippen molar-refractivity contribution in [2.45, 2.75) is 58.4 Å². The number of piperidine rings is 1. The molecule has 2 aliphatic heterocycles. The van der Waals surface area contributed by atoms with Gasteiger partial charge in [0.1, 0.15) is 5.82 Å². The molecule has 1 atom stereocenters. The molecule has 1 unspecified atom stereocenters. The van der Waals surface area contributed by atoms with Gasteiger partial charge in [-0.15, -0.1) is 0 Å². The average Bonchev–Trinajstić information content (AvgIpc) is 3.14. The Hall–Kier alpha value is -3.29. The fourth-order valence-corrected chi connectivity index (χ4v) is 4.66. The van der Waals surface area contributed by atoms with Gasteiger partial charge in [-0.05, 0) is 44.6 Å². The molecule has 1 aromatic carbocycles. The zero-order chi connectivity index (χ0) is 23.4. The minimum Gasteiger partial charge on any atom is -0.347 e. The van der Waals surface area contributed by atoms with Gasteiger partial charge in [-0.2, -0.15) is 0 Å². The SMILES string of the molecule is CC(=O)NCC(=O)N1CCCCC1c1nc(C)c2c(n1)N(CCCc1ccccc1)C(=O)C2. The number of benzene rings is 1. The Morgan fingerprint density at radius 2 is 1.94 bits per heavy atom. The highest BCUT2D eigenvalue weighted by molar-refractivity contribution is 6.00. The molecular weight excluding hydrogens is 418 g/mol. The number of nitrogens with one attached hydrogen (secondary N) is 1. The number of nitrogens with zero attached hydrogens (tertiary/aromatic N) is 4. The van der Waals surface area contributed by atoms with Gasteiger partial charge in [0, 0.05) is 31.3 Å². The summed E-state index contributed by atoms with van der Waals surface area (Å²) in [6.07, 6.45) is 4.72. The smallest absolute Gasteiger partial charge is 0.242 e. The van der Waals surface area contributed by atoms with Crippen LogP contribution in [-0.4, -0.2) is 52.2 Å². The number of rotatable bonds is 7. The minimum atomic E-state index is -0.245. The molecule has 3 amide bonds. The number of likely N-dealkylation sites (tertiary alicyclic amines) is 1. The Bertz CT molecular complexity index is 1040. The number of hydrogen-bond acceptors (Lipinski definition) is 5. The number of carbonyl (C=O) groups excluding carboxylic acids is 3. The minimum absolute atomic E-state index is 0.0279. The predicted molar refractivity (Wildman–Crippen MR) is 125 cm³/mol. The third-order valence-electron chi connectivity index (χ3n) is 6.39. The molecule has 0 spiro atoms. The lowest BCUT2D eigenvalue weighted by atomic mass is 10.0. The van der Waals surface area contributed by atoms with E-state index < -0.39 is 0 Å². The van der Waals surface area contributed by atoms with Crippen molar-refractivity contribution in [3.8, 4) is 0 Å². The fraction of sp³-hybridized carbons (Fsp3) is 0.480. The van der Waals surface area contributed by atoms with Crippen LogP contribution in [0.5, 0.6) is 0 Å². The first-order chi connectivity index (χ1) is 15.9.